The van der Waals surface area contributed by atoms with Crippen molar-refractivity contribution in [2.24, 2.45) is 0 Å². The van der Waals surface area contributed by atoms with E-state index in [0.717, 1.165) is 38.5 Å². The summed E-state index contributed by atoms with van der Waals surface area (Å²) in [7, 11) is 1.26. The molecule has 0 saturated carbocycles. The Morgan fingerprint density at radius 3 is 0.931 bits per heavy atom. The lowest BCUT2D eigenvalue weighted by molar-refractivity contribution is -0.870. The van der Waals surface area contributed by atoms with E-state index in [-0.39, 0.29) is 19.1 Å². The molecule has 0 rings (SSSR count). The molecule has 2 N–H and O–H groups in total. The second-order valence-electron chi connectivity index (χ2n) is 28.1. The number of hydrogen-bond donors (Lipinski definition) is 2. The van der Waals surface area contributed by atoms with Gasteiger partial charge in [0.2, 0.25) is 5.91 Å². The van der Waals surface area contributed by atoms with Crippen LogP contribution in [0, 0.1) is 0 Å². The summed E-state index contributed by atoms with van der Waals surface area (Å²) in [5.41, 5.74) is 0. The van der Waals surface area contributed by atoms with E-state index >= 15 is 0 Å². The zero-order chi connectivity index (χ0) is 63.4. The van der Waals surface area contributed by atoms with E-state index in [0.29, 0.717) is 17.4 Å². The van der Waals surface area contributed by atoms with Crippen LogP contribution in [0.25, 0.3) is 0 Å². The number of unbranched alkanes of at least 4 members (excludes halogenated alkanes) is 56. The molecule has 8 nitrogen and oxygen atoms in total. The highest BCUT2D eigenvalue weighted by molar-refractivity contribution is 7.45. The summed E-state index contributed by atoms with van der Waals surface area (Å²) in [5.74, 6) is -0.198. The Kier molecular flexibility index (Phi) is 68.1. The third-order valence-electron chi connectivity index (χ3n) is 18.1. The maximum atomic E-state index is 13.1. The Morgan fingerprint density at radius 1 is 0.391 bits per heavy atom. The smallest absolute Gasteiger partial charge is 0.268 e. The molecular formula is C78H153N2O6P. The number of rotatable bonds is 73. The van der Waals surface area contributed by atoms with E-state index in [9.17, 15) is 19.4 Å². The van der Waals surface area contributed by atoms with Gasteiger partial charge in [-0.05, 0) is 57.8 Å². The second-order valence-corrected chi connectivity index (χ2v) is 29.5. The van der Waals surface area contributed by atoms with E-state index in [4.69, 9.17) is 9.05 Å². The number of amides is 1. The van der Waals surface area contributed by atoms with Gasteiger partial charge in [0.15, 0.2) is 0 Å². The average molecular weight is 1250 g/mol. The lowest BCUT2D eigenvalue weighted by Gasteiger charge is -2.29. The average Bonchev–Trinajstić information content (AvgIpc) is 3.70. The summed E-state index contributed by atoms with van der Waals surface area (Å²) >= 11 is 0. The number of phosphoric acid groups is 1. The van der Waals surface area contributed by atoms with Crippen LogP contribution < -0.4 is 10.2 Å². The fourth-order valence-electron chi connectivity index (χ4n) is 12.1. The number of aliphatic hydroxyl groups is 1. The van der Waals surface area contributed by atoms with Gasteiger partial charge in [-0.2, -0.15) is 0 Å². The number of likely N-dealkylation sites (N-methyl/N-ethyl adjacent to an activating group) is 1. The van der Waals surface area contributed by atoms with Gasteiger partial charge in [-0.25, -0.2) is 0 Å². The summed E-state index contributed by atoms with van der Waals surface area (Å²) in [6.07, 6.45) is 93.1. The maximum absolute atomic E-state index is 13.1. The van der Waals surface area contributed by atoms with Gasteiger partial charge < -0.3 is 28.8 Å². The number of nitrogens with one attached hydrogen (secondary N) is 1. The molecule has 0 aromatic rings. The quantitative estimate of drug-likeness (QED) is 0.0272. The predicted octanol–water partition coefficient (Wildman–Crippen LogP) is 24.5. The maximum Gasteiger partial charge on any atom is 0.268 e. The number of hydrogen-bond acceptors (Lipinski definition) is 6. The largest absolute Gasteiger partial charge is 0.756 e. The highest BCUT2D eigenvalue weighted by Gasteiger charge is 2.23. The highest BCUT2D eigenvalue weighted by Crippen LogP contribution is 2.38. The molecule has 0 aromatic heterocycles. The van der Waals surface area contributed by atoms with Crippen LogP contribution in [0.3, 0.4) is 0 Å². The summed E-state index contributed by atoms with van der Waals surface area (Å²) in [4.78, 5) is 25.7. The van der Waals surface area contributed by atoms with Gasteiger partial charge >= 0.3 is 0 Å². The number of nitrogens with zero attached hydrogens (tertiary/aromatic N) is 1. The lowest BCUT2D eigenvalue weighted by Crippen LogP contribution is -2.45. The zero-order valence-corrected chi connectivity index (χ0v) is 60.2. The fraction of sp³-hybridized carbons (Fsp3) is 0.910. The number of carbonyl (C=O) groups excluding carboxylic acids is 1. The third kappa shape index (κ3) is 72.0. The number of aliphatic hydroxyl groups excluding tert-OH is 1. The van der Waals surface area contributed by atoms with Crippen molar-refractivity contribution in [3.63, 3.8) is 0 Å². The fourth-order valence-corrected chi connectivity index (χ4v) is 12.8. The molecule has 0 radical (unpaired) electrons. The molecule has 516 valence electrons. The molecule has 0 aliphatic rings. The number of phosphoric ester groups is 1. The van der Waals surface area contributed by atoms with Crippen molar-refractivity contribution in [1.82, 2.24) is 5.32 Å². The van der Waals surface area contributed by atoms with Gasteiger partial charge in [-0.15, -0.1) is 0 Å². The minimum absolute atomic E-state index is 0.00412. The zero-order valence-electron chi connectivity index (χ0n) is 59.3. The van der Waals surface area contributed by atoms with Gasteiger partial charge in [0.1, 0.15) is 13.2 Å². The minimum atomic E-state index is -4.61. The molecule has 3 atom stereocenters. The summed E-state index contributed by atoms with van der Waals surface area (Å²) in [5, 5.41) is 14.0. The lowest BCUT2D eigenvalue weighted by atomic mass is 10.0. The molecule has 0 saturated heterocycles. The first-order chi connectivity index (χ1) is 42.5. The Balaban J connectivity index is 3.99. The Morgan fingerprint density at radius 2 is 0.644 bits per heavy atom. The molecule has 3 unspecified atom stereocenters. The number of carbonyl (C=O) groups is 1. The van der Waals surface area contributed by atoms with Crippen LogP contribution in [0.5, 0.6) is 0 Å². The van der Waals surface area contributed by atoms with E-state index < -0.39 is 20.0 Å². The molecule has 0 bridgehead atoms. The van der Waals surface area contributed by atoms with Crippen molar-refractivity contribution in [2.75, 3.05) is 40.9 Å². The van der Waals surface area contributed by atoms with Crippen molar-refractivity contribution in [1.29, 1.82) is 0 Å². The number of quaternary nitrogens is 1. The van der Waals surface area contributed by atoms with Crippen molar-refractivity contribution < 1.29 is 32.9 Å². The topological polar surface area (TPSA) is 108 Å². The standard InChI is InChI=1S/C78H153N2O6P/c1-6-8-10-12-14-16-18-20-22-24-26-28-30-32-34-36-38-39-40-41-42-44-46-48-50-52-54-56-58-60-62-64-66-68-70-72-78(82)79-76(75-86-87(83,84)85-74-73-80(3,4)5)77(81)71-69-67-65-63-61-59-57-55-53-51-49-47-45-43-37-35-33-31-29-27-25-23-21-19-17-15-13-11-9-7-2/h24,26,61,63,69,71,76-77,81H,6-23,25,27-60,62,64-68,70,72-75H2,1-5H3,(H-,79,82,83,84)/b26-24-,63-61+,71-69+. The van der Waals surface area contributed by atoms with Crippen LogP contribution in [0.1, 0.15) is 406 Å². The molecule has 0 aliphatic heterocycles. The van der Waals surface area contributed by atoms with E-state index in [1.54, 1.807) is 6.08 Å². The van der Waals surface area contributed by atoms with E-state index in [2.05, 4.69) is 43.5 Å². The van der Waals surface area contributed by atoms with Crippen LogP contribution in [0.2, 0.25) is 0 Å². The second kappa shape index (κ2) is 69.1. The Bertz CT molecular complexity index is 1510. The molecule has 87 heavy (non-hydrogen) atoms. The van der Waals surface area contributed by atoms with Crippen LogP contribution in [-0.2, 0) is 18.4 Å². The van der Waals surface area contributed by atoms with Gasteiger partial charge in [0, 0.05) is 6.42 Å². The first-order valence-corrected chi connectivity index (χ1v) is 40.3. The predicted molar refractivity (Wildman–Crippen MR) is 381 cm³/mol. The van der Waals surface area contributed by atoms with Crippen molar-refractivity contribution in [3.05, 3.63) is 36.5 Å². The van der Waals surface area contributed by atoms with E-state index in [1.165, 1.54) is 347 Å². The van der Waals surface area contributed by atoms with Crippen LogP contribution >= 0.6 is 7.82 Å². The Labute approximate surface area is 544 Å². The van der Waals surface area contributed by atoms with Crippen LogP contribution in [0.4, 0.5) is 0 Å². The summed E-state index contributed by atoms with van der Waals surface area (Å²) in [6, 6.07) is -0.904. The molecule has 0 fully saturated rings. The highest BCUT2D eigenvalue weighted by atomic mass is 31.2. The molecule has 9 heteroatoms. The molecule has 1 amide bonds. The molecule has 0 heterocycles. The van der Waals surface area contributed by atoms with Gasteiger partial charge in [-0.3, -0.25) is 9.36 Å². The van der Waals surface area contributed by atoms with Crippen molar-refractivity contribution >= 4 is 13.7 Å². The monoisotopic (exact) mass is 1250 g/mol. The van der Waals surface area contributed by atoms with Crippen molar-refractivity contribution in [2.45, 2.75) is 418 Å². The number of allylic oxidation sites excluding steroid dienone is 5. The molecule has 0 aromatic carbocycles. The van der Waals surface area contributed by atoms with Gasteiger partial charge in [0.25, 0.3) is 7.82 Å². The summed E-state index contributed by atoms with van der Waals surface area (Å²) < 4.78 is 23.5. The molecule has 0 aliphatic carbocycles. The Hall–Kier alpha value is -1.28. The van der Waals surface area contributed by atoms with Gasteiger partial charge in [-0.1, -0.05) is 378 Å². The summed E-state index contributed by atoms with van der Waals surface area (Å²) in [6.45, 7) is 4.70. The first-order valence-electron chi connectivity index (χ1n) is 38.9. The molecular weight excluding hydrogens is 1090 g/mol. The third-order valence-corrected chi connectivity index (χ3v) is 19.0. The first kappa shape index (κ1) is 85.7. The van der Waals surface area contributed by atoms with Gasteiger partial charge in [0.05, 0.1) is 39.9 Å². The SMILES string of the molecule is CCCCCCCCCC/C=C\CCCCCCCCCCCCCCCCCCCCCCCCCC(=O)NC(COP(=O)([O-])OCC[N+](C)(C)C)C(O)/C=C/CC/C=C/CCCCCCCCCCCCCCCCCCCCCCCCCC. The van der Waals surface area contributed by atoms with Crippen LogP contribution in [-0.4, -0.2) is 68.5 Å². The van der Waals surface area contributed by atoms with Crippen LogP contribution in [0.15, 0.2) is 36.5 Å². The van der Waals surface area contributed by atoms with E-state index in [1.807, 2.05) is 27.2 Å². The normalized spacial score (nSPS) is 13.7. The molecule has 0 spiro atoms. The minimum Gasteiger partial charge on any atom is -0.756 e. The van der Waals surface area contributed by atoms with Crippen molar-refractivity contribution in [3.8, 4) is 0 Å².